The summed E-state index contributed by atoms with van der Waals surface area (Å²) in [6, 6.07) is 16.1. The monoisotopic (exact) mass is 350 g/mol. The van der Waals surface area contributed by atoms with Crippen LogP contribution in [-0.4, -0.2) is 19.9 Å². The van der Waals surface area contributed by atoms with E-state index < -0.39 is 0 Å². The molecule has 25 heavy (non-hydrogen) atoms. The first-order valence-corrected chi connectivity index (χ1v) is 8.86. The lowest BCUT2D eigenvalue weighted by atomic mass is 10.1. The molecule has 3 aromatic heterocycles. The van der Waals surface area contributed by atoms with Crippen LogP contribution in [0, 0.1) is 0 Å². The average molecular weight is 350 g/mol. The summed E-state index contributed by atoms with van der Waals surface area (Å²) in [5.41, 5.74) is 2.85. The topological polar surface area (TPSA) is 66.0 Å². The Balaban J connectivity index is 1.42. The molecule has 0 N–H and O–H groups in total. The summed E-state index contributed by atoms with van der Waals surface area (Å²) >= 11 is 1.58. The van der Waals surface area contributed by atoms with Crippen molar-refractivity contribution >= 4 is 11.3 Å². The Bertz CT molecular complexity index is 991. The maximum Gasteiger partial charge on any atom is 0.278 e. The third kappa shape index (κ3) is 2.67. The number of thiophene rings is 1. The van der Waals surface area contributed by atoms with E-state index in [1.54, 1.807) is 11.3 Å². The summed E-state index contributed by atoms with van der Waals surface area (Å²) < 4.78 is 13.3. The molecule has 1 aromatic carbocycles. The Morgan fingerprint density at radius 3 is 2.88 bits per heavy atom. The Labute approximate surface area is 147 Å². The van der Waals surface area contributed by atoms with Crippen LogP contribution in [0.1, 0.15) is 17.4 Å². The van der Waals surface area contributed by atoms with E-state index in [-0.39, 0.29) is 6.10 Å². The Morgan fingerprint density at radius 2 is 2.04 bits per heavy atom. The molecule has 1 aliphatic heterocycles. The molecular formula is C18H14N4O2S. The van der Waals surface area contributed by atoms with Crippen LogP contribution in [0.3, 0.4) is 0 Å². The number of aromatic nitrogens is 4. The lowest BCUT2D eigenvalue weighted by Crippen LogP contribution is -2.21. The number of hydrogen-bond donors (Lipinski definition) is 0. The second-order valence-electron chi connectivity index (χ2n) is 5.81. The summed E-state index contributed by atoms with van der Waals surface area (Å²) in [6.07, 6.45) is 0.00538. The van der Waals surface area contributed by atoms with Crippen LogP contribution in [0.4, 0.5) is 0 Å². The van der Waals surface area contributed by atoms with Gasteiger partial charge < -0.3 is 9.26 Å². The molecule has 0 radical (unpaired) electrons. The molecule has 5 rings (SSSR count). The van der Waals surface area contributed by atoms with E-state index in [1.807, 2.05) is 46.5 Å². The Hall–Kier alpha value is -2.77. The molecular weight excluding hydrogens is 336 g/mol. The second-order valence-corrected chi connectivity index (χ2v) is 6.76. The van der Waals surface area contributed by atoms with Crippen molar-refractivity contribution in [1.82, 2.24) is 19.9 Å². The van der Waals surface area contributed by atoms with Gasteiger partial charge in [-0.3, -0.25) is 4.68 Å². The molecule has 4 heterocycles. The average Bonchev–Trinajstić information content (AvgIpc) is 3.40. The van der Waals surface area contributed by atoms with Gasteiger partial charge in [-0.1, -0.05) is 41.6 Å². The van der Waals surface area contributed by atoms with E-state index in [0.717, 1.165) is 16.1 Å². The first kappa shape index (κ1) is 14.6. The van der Waals surface area contributed by atoms with E-state index in [4.69, 9.17) is 9.26 Å². The smallest absolute Gasteiger partial charge is 0.278 e. The fourth-order valence-electron chi connectivity index (χ4n) is 2.93. The lowest BCUT2D eigenvalue weighted by Gasteiger charge is -2.24. The zero-order valence-electron chi connectivity index (χ0n) is 13.2. The quantitative estimate of drug-likeness (QED) is 0.560. The highest BCUT2D eigenvalue weighted by atomic mass is 32.1. The lowest BCUT2D eigenvalue weighted by molar-refractivity contribution is -0.00113. The van der Waals surface area contributed by atoms with Gasteiger partial charge in [0.2, 0.25) is 5.82 Å². The molecule has 0 saturated carbocycles. The summed E-state index contributed by atoms with van der Waals surface area (Å²) in [5, 5.41) is 10.7. The van der Waals surface area contributed by atoms with E-state index in [9.17, 15) is 0 Å². The number of nitrogens with zero attached hydrogens (tertiary/aromatic N) is 4. The molecule has 1 aliphatic rings. The molecule has 6 nitrogen and oxygen atoms in total. The summed E-state index contributed by atoms with van der Waals surface area (Å²) in [6.45, 7) is 1.18. The zero-order chi connectivity index (χ0) is 16.6. The van der Waals surface area contributed by atoms with Crippen LogP contribution in [0.25, 0.3) is 22.3 Å². The normalized spacial score (nSPS) is 16.7. The van der Waals surface area contributed by atoms with Gasteiger partial charge in [-0.15, -0.1) is 11.3 Å². The van der Waals surface area contributed by atoms with Crippen molar-refractivity contribution in [3.05, 3.63) is 65.2 Å². The first-order chi connectivity index (χ1) is 12.4. The number of rotatable bonds is 3. The zero-order valence-corrected chi connectivity index (χ0v) is 14.0. The van der Waals surface area contributed by atoms with E-state index in [2.05, 4.69) is 27.4 Å². The van der Waals surface area contributed by atoms with Crippen LogP contribution < -0.4 is 0 Å². The van der Waals surface area contributed by atoms with Gasteiger partial charge in [0.1, 0.15) is 6.10 Å². The molecule has 0 bridgehead atoms. The van der Waals surface area contributed by atoms with Gasteiger partial charge in [0, 0.05) is 0 Å². The van der Waals surface area contributed by atoms with Gasteiger partial charge in [0.05, 0.1) is 23.7 Å². The van der Waals surface area contributed by atoms with Gasteiger partial charge in [0.25, 0.3) is 5.89 Å². The van der Waals surface area contributed by atoms with Gasteiger partial charge >= 0.3 is 0 Å². The minimum Gasteiger partial charge on any atom is -0.365 e. The predicted octanol–water partition coefficient (Wildman–Crippen LogP) is 3.93. The predicted molar refractivity (Wildman–Crippen MR) is 92.8 cm³/mol. The van der Waals surface area contributed by atoms with Crippen molar-refractivity contribution in [2.24, 2.45) is 0 Å². The third-order valence-corrected chi connectivity index (χ3v) is 5.06. The minimum absolute atomic E-state index is 0.00538. The maximum absolute atomic E-state index is 5.98. The number of benzene rings is 1. The molecule has 124 valence electrons. The van der Waals surface area contributed by atoms with Crippen LogP contribution in [0.2, 0.25) is 0 Å². The molecule has 0 aliphatic carbocycles. The third-order valence-electron chi connectivity index (χ3n) is 4.19. The molecule has 0 unspecified atom stereocenters. The fraction of sp³-hybridized carbons (Fsp3) is 0.167. The second kappa shape index (κ2) is 5.94. The summed E-state index contributed by atoms with van der Waals surface area (Å²) in [7, 11) is 0. The van der Waals surface area contributed by atoms with Crippen molar-refractivity contribution in [2.75, 3.05) is 0 Å². The molecule has 0 fully saturated rings. The maximum atomic E-state index is 5.98. The van der Waals surface area contributed by atoms with Crippen LogP contribution in [-0.2, 0) is 17.9 Å². The van der Waals surface area contributed by atoms with Crippen molar-refractivity contribution < 1.29 is 9.26 Å². The van der Waals surface area contributed by atoms with Crippen molar-refractivity contribution in [3.8, 4) is 22.3 Å². The highest BCUT2D eigenvalue weighted by molar-refractivity contribution is 7.13. The molecule has 1 atom stereocenters. The molecule has 7 heteroatoms. The number of fused-ring (bicyclic) bond motifs is 1. The minimum atomic E-state index is 0.00538. The standard InChI is InChI=1S/C18H14N4O2S/c1-2-5-12(6-3-1)15-10-22-13(11-23-15)9-14(20-22)18-19-17(21-24-18)16-7-4-8-25-16/h1-9,15H,10-11H2/t15-/m1/s1. The van der Waals surface area contributed by atoms with Gasteiger partial charge in [-0.25, -0.2) is 0 Å². The molecule has 0 saturated heterocycles. The Kier molecular flexibility index (Phi) is 3.46. The first-order valence-electron chi connectivity index (χ1n) is 7.98. The van der Waals surface area contributed by atoms with E-state index in [1.165, 1.54) is 0 Å². The van der Waals surface area contributed by atoms with Crippen LogP contribution >= 0.6 is 11.3 Å². The number of ether oxygens (including phenoxy) is 1. The highest BCUT2D eigenvalue weighted by Gasteiger charge is 2.24. The van der Waals surface area contributed by atoms with Gasteiger partial charge in [-0.05, 0) is 23.1 Å². The highest BCUT2D eigenvalue weighted by Crippen LogP contribution is 2.29. The van der Waals surface area contributed by atoms with Crippen molar-refractivity contribution in [3.63, 3.8) is 0 Å². The van der Waals surface area contributed by atoms with E-state index in [0.29, 0.717) is 30.6 Å². The molecule has 0 amide bonds. The van der Waals surface area contributed by atoms with Crippen molar-refractivity contribution in [2.45, 2.75) is 19.3 Å². The van der Waals surface area contributed by atoms with Gasteiger partial charge in [-0.2, -0.15) is 10.1 Å². The number of hydrogen-bond acceptors (Lipinski definition) is 6. The molecule has 4 aromatic rings. The largest absolute Gasteiger partial charge is 0.365 e. The van der Waals surface area contributed by atoms with E-state index >= 15 is 0 Å². The SMILES string of the molecule is c1ccc([C@H]2Cn3nc(-c4nc(-c5cccs5)no4)cc3CO2)cc1. The Morgan fingerprint density at radius 1 is 1.12 bits per heavy atom. The summed E-state index contributed by atoms with van der Waals surface area (Å²) in [4.78, 5) is 5.44. The van der Waals surface area contributed by atoms with Crippen LogP contribution in [0.5, 0.6) is 0 Å². The molecule has 0 spiro atoms. The summed E-state index contributed by atoms with van der Waals surface area (Å²) in [5.74, 6) is 1.02. The van der Waals surface area contributed by atoms with Crippen LogP contribution in [0.15, 0.2) is 58.4 Å². The fourth-order valence-corrected chi connectivity index (χ4v) is 3.58. The van der Waals surface area contributed by atoms with Crippen molar-refractivity contribution in [1.29, 1.82) is 0 Å². The van der Waals surface area contributed by atoms with Gasteiger partial charge in [0.15, 0.2) is 5.69 Å².